The lowest BCUT2D eigenvalue weighted by atomic mass is 10.1. The second kappa shape index (κ2) is 12.9. The van der Waals surface area contributed by atoms with Crippen molar-refractivity contribution in [2.75, 3.05) is 24.2 Å². The molecule has 1 aliphatic rings. The van der Waals surface area contributed by atoms with Crippen molar-refractivity contribution in [2.24, 2.45) is 0 Å². The van der Waals surface area contributed by atoms with Gasteiger partial charge in [0.15, 0.2) is 0 Å². The van der Waals surface area contributed by atoms with Crippen LogP contribution < -0.4 is 14.4 Å². The van der Waals surface area contributed by atoms with E-state index in [-0.39, 0.29) is 30.8 Å². The largest absolute Gasteiger partial charge is 0.497 e. The Labute approximate surface area is 221 Å². The highest BCUT2D eigenvalue weighted by atomic mass is 32.2. The topological polar surface area (TPSA) is 96.0 Å². The van der Waals surface area contributed by atoms with Gasteiger partial charge >= 0.3 is 0 Å². The van der Waals surface area contributed by atoms with Gasteiger partial charge in [0.1, 0.15) is 11.8 Å². The van der Waals surface area contributed by atoms with Crippen LogP contribution in [-0.2, 0) is 26.2 Å². The second-order valence-electron chi connectivity index (χ2n) is 9.75. The van der Waals surface area contributed by atoms with E-state index in [9.17, 15) is 18.0 Å². The van der Waals surface area contributed by atoms with Crippen LogP contribution in [0.1, 0.15) is 56.6 Å². The van der Waals surface area contributed by atoms with Gasteiger partial charge in [0.2, 0.25) is 21.8 Å². The van der Waals surface area contributed by atoms with Crippen LogP contribution in [0.25, 0.3) is 0 Å². The van der Waals surface area contributed by atoms with Crippen LogP contribution in [0.15, 0.2) is 48.5 Å². The van der Waals surface area contributed by atoms with Crippen molar-refractivity contribution in [1.82, 2.24) is 10.2 Å². The zero-order chi connectivity index (χ0) is 27.0. The minimum absolute atomic E-state index is 0.120. The third-order valence-electron chi connectivity index (χ3n) is 6.98. The molecule has 1 unspecified atom stereocenters. The van der Waals surface area contributed by atoms with Crippen LogP contribution in [0.2, 0.25) is 0 Å². The van der Waals surface area contributed by atoms with Gasteiger partial charge in [-0.15, -0.1) is 0 Å². The van der Waals surface area contributed by atoms with Crippen molar-refractivity contribution < 1.29 is 22.7 Å². The number of carbonyl (C=O) groups is 2. The predicted molar refractivity (Wildman–Crippen MR) is 146 cm³/mol. The Hall–Kier alpha value is -3.07. The quantitative estimate of drug-likeness (QED) is 0.448. The van der Waals surface area contributed by atoms with Crippen LogP contribution in [0, 0.1) is 6.92 Å². The molecular formula is C28H39N3O5S. The van der Waals surface area contributed by atoms with Crippen molar-refractivity contribution >= 4 is 27.5 Å². The Morgan fingerprint density at radius 2 is 1.73 bits per heavy atom. The molecule has 9 heteroatoms. The van der Waals surface area contributed by atoms with E-state index in [1.807, 2.05) is 31.2 Å². The Bertz CT molecular complexity index is 1160. The summed E-state index contributed by atoms with van der Waals surface area (Å²) in [7, 11) is -2.00. The normalized spacial score (nSPS) is 14.7. The van der Waals surface area contributed by atoms with E-state index < -0.39 is 16.1 Å². The number of anilines is 1. The second-order valence-corrected chi connectivity index (χ2v) is 11.7. The molecule has 2 aromatic rings. The van der Waals surface area contributed by atoms with E-state index in [4.69, 9.17) is 4.74 Å². The first-order valence-electron chi connectivity index (χ1n) is 12.9. The Balaban J connectivity index is 1.72. The molecule has 0 saturated heterocycles. The van der Waals surface area contributed by atoms with Crippen LogP contribution in [0.4, 0.5) is 5.69 Å². The molecule has 202 valence electrons. The molecular weight excluding hydrogens is 490 g/mol. The fourth-order valence-corrected chi connectivity index (χ4v) is 5.66. The molecule has 0 spiro atoms. The highest BCUT2D eigenvalue weighted by Gasteiger charge is 2.29. The molecule has 2 aromatic carbocycles. The standard InChI is InChI=1S/C28H39N3O5S/c1-21-10-5-6-11-23(21)20-30(22(2)28(33)29-24-12-7-8-13-24)27(32)14-9-19-31(37(4,34)35)25-15-17-26(36-3)18-16-25/h5-6,10-11,15-18,22,24H,7-9,12-14,19-20H2,1-4H3,(H,29,33). The number of benzene rings is 2. The first kappa shape index (κ1) is 28.5. The first-order valence-corrected chi connectivity index (χ1v) is 14.7. The Kier molecular flexibility index (Phi) is 9.97. The lowest BCUT2D eigenvalue weighted by Crippen LogP contribution is -2.49. The summed E-state index contributed by atoms with van der Waals surface area (Å²) in [5, 5.41) is 3.11. The number of nitrogens with one attached hydrogen (secondary N) is 1. The first-order chi connectivity index (χ1) is 17.6. The maximum Gasteiger partial charge on any atom is 0.242 e. The molecule has 1 N–H and O–H groups in total. The lowest BCUT2D eigenvalue weighted by Gasteiger charge is -2.30. The number of hydrogen-bond donors (Lipinski definition) is 1. The molecule has 1 saturated carbocycles. The van der Waals surface area contributed by atoms with E-state index in [0.29, 0.717) is 24.4 Å². The molecule has 0 aliphatic heterocycles. The summed E-state index contributed by atoms with van der Waals surface area (Å²) in [6, 6.07) is 14.1. The SMILES string of the molecule is COc1ccc(N(CCCC(=O)N(Cc2ccccc2C)C(C)C(=O)NC2CCCC2)S(C)(=O)=O)cc1. The molecule has 37 heavy (non-hydrogen) atoms. The number of nitrogens with zero attached hydrogens (tertiary/aromatic N) is 2. The average Bonchev–Trinajstić information content (AvgIpc) is 3.38. The highest BCUT2D eigenvalue weighted by molar-refractivity contribution is 7.92. The maximum atomic E-state index is 13.5. The molecule has 1 fully saturated rings. The van der Waals surface area contributed by atoms with Gasteiger partial charge in [-0.1, -0.05) is 37.1 Å². The number of amides is 2. The van der Waals surface area contributed by atoms with E-state index in [2.05, 4.69) is 5.32 Å². The van der Waals surface area contributed by atoms with Crippen molar-refractivity contribution in [3.05, 3.63) is 59.7 Å². The summed E-state index contributed by atoms with van der Waals surface area (Å²) >= 11 is 0. The third kappa shape index (κ3) is 7.95. The summed E-state index contributed by atoms with van der Waals surface area (Å²) in [5.74, 6) is 0.300. The van der Waals surface area contributed by atoms with Gasteiger partial charge in [-0.05, 0) is 68.5 Å². The zero-order valence-corrected chi connectivity index (χ0v) is 23.1. The molecule has 8 nitrogen and oxygen atoms in total. The van der Waals surface area contributed by atoms with Crippen molar-refractivity contribution in [2.45, 2.75) is 71.0 Å². The number of sulfonamides is 1. The molecule has 2 amide bonds. The molecule has 0 bridgehead atoms. The maximum absolute atomic E-state index is 13.5. The minimum Gasteiger partial charge on any atom is -0.497 e. The van der Waals surface area contributed by atoms with Gasteiger partial charge in [0.25, 0.3) is 0 Å². The minimum atomic E-state index is -3.55. The van der Waals surface area contributed by atoms with Crippen LogP contribution in [0.5, 0.6) is 5.75 Å². The number of carbonyl (C=O) groups excluding carboxylic acids is 2. The van der Waals surface area contributed by atoms with Crippen LogP contribution >= 0.6 is 0 Å². The van der Waals surface area contributed by atoms with Gasteiger partial charge < -0.3 is 15.0 Å². The summed E-state index contributed by atoms with van der Waals surface area (Å²) in [5.41, 5.74) is 2.54. The van der Waals surface area contributed by atoms with Gasteiger partial charge in [0.05, 0.1) is 19.1 Å². The lowest BCUT2D eigenvalue weighted by molar-refractivity contribution is -0.141. The van der Waals surface area contributed by atoms with Crippen LogP contribution in [0.3, 0.4) is 0 Å². The van der Waals surface area contributed by atoms with E-state index in [1.165, 1.54) is 4.31 Å². The van der Waals surface area contributed by atoms with Gasteiger partial charge in [-0.3, -0.25) is 13.9 Å². The fourth-order valence-electron chi connectivity index (χ4n) is 4.70. The number of rotatable bonds is 12. The molecule has 0 radical (unpaired) electrons. The number of ether oxygens (including phenoxy) is 1. The zero-order valence-electron chi connectivity index (χ0n) is 22.3. The van der Waals surface area contributed by atoms with E-state index in [1.54, 1.807) is 43.2 Å². The fraction of sp³-hybridized carbons (Fsp3) is 0.500. The number of hydrogen-bond acceptors (Lipinski definition) is 5. The van der Waals surface area contributed by atoms with Crippen molar-refractivity contribution in [1.29, 1.82) is 0 Å². The summed E-state index contributed by atoms with van der Waals surface area (Å²) in [6.07, 6.45) is 5.74. The van der Waals surface area contributed by atoms with Gasteiger partial charge in [-0.2, -0.15) is 0 Å². The van der Waals surface area contributed by atoms with E-state index in [0.717, 1.165) is 43.1 Å². The molecule has 0 aromatic heterocycles. The number of aryl methyl sites for hydroxylation is 1. The monoisotopic (exact) mass is 529 g/mol. The molecule has 1 atom stereocenters. The highest BCUT2D eigenvalue weighted by Crippen LogP contribution is 2.23. The van der Waals surface area contributed by atoms with Gasteiger partial charge in [-0.25, -0.2) is 8.42 Å². The van der Waals surface area contributed by atoms with Crippen molar-refractivity contribution in [3.8, 4) is 5.75 Å². The predicted octanol–water partition coefficient (Wildman–Crippen LogP) is 4.03. The van der Waals surface area contributed by atoms with Crippen LogP contribution in [-0.4, -0.2) is 57.1 Å². The summed E-state index contributed by atoms with van der Waals surface area (Å²) < 4.78 is 31.4. The smallest absolute Gasteiger partial charge is 0.242 e. The third-order valence-corrected chi connectivity index (χ3v) is 8.18. The molecule has 0 heterocycles. The molecule has 3 rings (SSSR count). The number of methoxy groups -OCH3 is 1. The van der Waals surface area contributed by atoms with E-state index >= 15 is 0 Å². The molecule has 1 aliphatic carbocycles. The summed E-state index contributed by atoms with van der Waals surface area (Å²) in [6.45, 7) is 4.22. The Morgan fingerprint density at radius 3 is 2.32 bits per heavy atom. The van der Waals surface area contributed by atoms with Crippen molar-refractivity contribution in [3.63, 3.8) is 0 Å². The Morgan fingerprint density at radius 1 is 1.08 bits per heavy atom. The van der Waals surface area contributed by atoms with Gasteiger partial charge in [0, 0.05) is 25.6 Å². The average molecular weight is 530 g/mol. The summed E-state index contributed by atoms with van der Waals surface area (Å²) in [4.78, 5) is 28.1.